The fourth-order valence-electron chi connectivity index (χ4n) is 2.09. The van der Waals surface area contributed by atoms with E-state index in [0.29, 0.717) is 17.0 Å². The summed E-state index contributed by atoms with van der Waals surface area (Å²) < 4.78 is 5.29. The van der Waals surface area contributed by atoms with Crippen LogP contribution in [0, 0.1) is 0 Å². The predicted molar refractivity (Wildman–Crippen MR) is 106 cm³/mol. The van der Waals surface area contributed by atoms with Crippen molar-refractivity contribution in [1.82, 2.24) is 5.32 Å². The molecule has 0 fully saturated rings. The molecule has 1 aromatic rings. The zero-order valence-electron chi connectivity index (χ0n) is 15.9. The monoisotopic (exact) mass is 369 g/mol. The number of carbonyl (C=O) groups is 1. The molecule has 0 aromatic heterocycles. The van der Waals surface area contributed by atoms with Gasteiger partial charge in [-0.1, -0.05) is 39.8 Å². The molecule has 24 heavy (non-hydrogen) atoms. The van der Waals surface area contributed by atoms with E-state index in [1.165, 1.54) is 15.4 Å². The molecule has 3 nitrogen and oxygen atoms in total. The molecule has 0 aliphatic rings. The average molecular weight is 370 g/mol. The summed E-state index contributed by atoms with van der Waals surface area (Å²) in [4.78, 5) is 14.5. The third-order valence-corrected chi connectivity index (χ3v) is 5.22. The van der Waals surface area contributed by atoms with Gasteiger partial charge in [-0.05, 0) is 38.8 Å². The van der Waals surface area contributed by atoms with Gasteiger partial charge in [0.05, 0.1) is 0 Å². The summed E-state index contributed by atoms with van der Waals surface area (Å²) in [6.45, 7) is 15.0. The van der Waals surface area contributed by atoms with Gasteiger partial charge in [-0.25, -0.2) is 4.79 Å². The summed E-state index contributed by atoms with van der Waals surface area (Å²) >= 11 is 3.79. The van der Waals surface area contributed by atoms with Crippen LogP contribution < -0.4 is 5.32 Å². The molecule has 0 saturated heterocycles. The van der Waals surface area contributed by atoms with E-state index in [1.807, 2.05) is 44.3 Å². The maximum Gasteiger partial charge on any atom is 0.407 e. The molecule has 1 aromatic carbocycles. The Kier molecular flexibility index (Phi) is 8.51. The Morgan fingerprint density at radius 2 is 1.75 bits per heavy atom. The van der Waals surface area contributed by atoms with Crippen molar-refractivity contribution in [3.63, 3.8) is 0 Å². The molecule has 136 valence electrons. The SMILES string of the molecule is CC(C)Sc1cccc(CCNC(=O)OC(C)(C)C)c1SC(C)C. The van der Waals surface area contributed by atoms with E-state index < -0.39 is 5.60 Å². The number of rotatable bonds is 7. The van der Waals surface area contributed by atoms with Crippen LogP contribution in [0.25, 0.3) is 0 Å². The molecule has 0 unspecified atom stereocenters. The number of hydrogen-bond acceptors (Lipinski definition) is 4. The van der Waals surface area contributed by atoms with Crippen LogP contribution in [0.15, 0.2) is 28.0 Å². The van der Waals surface area contributed by atoms with Gasteiger partial charge in [0.1, 0.15) is 5.60 Å². The van der Waals surface area contributed by atoms with Gasteiger partial charge in [-0.2, -0.15) is 0 Å². The highest BCUT2D eigenvalue weighted by atomic mass is 32.2. The summed E-state index contributed by atoms with van der Waals surface area (Å²) in [6.07, 6.45) is 0.453. The third kappa shape index (κ3) is 8.34. The van der Waals surface area contributed by atoms with Gasteiger partial charge in [-0.15, -0.1) is 23.5 Å². The highest BCUT2D eigenvalue weighted by Gasteiger charge is 2.16. The maximum absolute atomic E-state index is 11.8. The van der Waals surface area contributed by atoms with Crippen molar-refractivity contribution in [2.75, 3.05) is 6.54 Å². The Morgan fingerprint density at radius 3 is 2.29 bits per heavy atom. The number of carbonyl (C=O) groups excluding carboxylic acids is 1. The van der Waals surface area contributed by atoms with Crippen LogP contribution in [0.2, 0.25) is 0 Å². The molecule has 5 heteroatoms. The molecule has 0 radical (unpaired) electrons. The molecule has 0 aliphatic carbocycles. The van der Waals surface area contributed by atoms with Crippen molar-refractivity contribution in [2.45, 2.75) is 80.8 Å². The van der Waals surface area contributed by atoms with Gasteiger partial charge < -0.3 is 10.1 Å². The van der Waals surface area contributed by atoms with Gasteiger partial charge >= 0.3 is 6.09 Å². The van der Waals surface area contributed by atoms with Crippen molar-refractivity contribution in [3.05, 3.63) is 23.8 Å². The smallest absolute Gasteiger partial charge is 0.407 e. The normalized spacial score (nSPS) is 11.9. The number of hydrogen-bond donors (Lipinski definition) is 1. The molecule has 1 N–H and O–H groups in total. The van der Waals surface area contributed by atoms with Crippen LogP contribution in [0.3, 0.4) is 0 Å². The Morgan fingerprint density at radius 1 is 1.12 bits per heavy atom. The van der Waals surface area contributed by atoms with E-state index in [2.05, 4.69) is 51.2 Å². The van der Waals surface area contributed by atoms with Crippen LogP contribution in [0.1, 0.15) is 54.0 Å². The second-order valence-electron chi connectivity index (χ2n) is 7.26. The highest BCUT2D eigenvalue weighted by molar-refractivity contribution is 8.02. The van der Waals surface area contributed by atoms with Crippen LogP contribution in [-0.2, 0) is 11.2 Å². The minimum atomic E-state index is -0.462. The maximum atomic E-state index is 11.8. The third-order valence-electron chi connectivity index (χ3n) is 2.84. The quantitative estimate of drug-likeness (QED) is 0.621. The molecule has 0 spiro atoms. The van der Waals surface area contributed by atoms with Crippen LogP contribution in [0.4, 0.5) is 4.79 Å². The molecular weight excluding hydrogens is 338 g/mol. The number of alkyl carbamates (subject to hydrolysis) is 1. The molecule has 0 saturated carbocycles. The van der Waals surface area contributed by atoms with Crippen LogP contribution >= 0.6 is 23.5 Å². The van der Waals surface area contributed by atoms with Crippen LogP contribution in [-0.4, -0.2) is 28.7 Å². The fourth-order valence-corrected chi connectivity index (χ4v) is 4.26. The number of thioether (sulfide) groups is 2. The lowest BCUT2D eigenvalue weighted by Crippen LogP contribution is -2.33. The van der Waals surface area contributed by atoms with Crippen molar-refractivity contribution >= 4 is 29.6 Å². The molecule has 1 amide bonds. The first-order chi connectivity index (χ1) is 11.1. The average Bonchev–Trinajstić information content (AvgIpc) is 2.39. The van der Waals surface area contributed by atoms with Crippen molar-refractivity contribution in [2.24, 2.45) is 0 Å². The molecule has 0 bridgehead atoms. The standard InChI is InChI=1S/C19H31NO2S2/c1-13(2)23-16-10-8-9-15(17(16)24-14(3)4)11-12-20-18(21)22-19(5,6)7/h8-10,13-14H,11-12H2,1-7H3,(H,20,21). The molecule has 0 aliphatic heterocycles. The van der Waals surface area contributed by atoms with E-state index in [9.17, 15) is 4.79 Å². The Bertz CT molecular complexity index is 537. The lowest BCUT2D eigenvalue weighted by molar-refractivity contribution is 0.0528. The summed E-state index contributed by atoms with van der Waals surface area (Å²) in [5, 5.41) is 3.92. The van der Waals surface area contributed by atoms with E-state index in [-0.39, 0.29) is 6.09 Å². The zero-order valence-corrected chi connectivity index (χ0v) is 17.6. The predicted octanol–water partition coefficient (Wildman–Crippen LogP) is 5.75. The van der Waals surface area contributed by atoms with Gasteiger partial charge in [0.25, 0.3) is 0 Å². The number of benzene rings is 1. The minimum absolute atomic E-state index is 0.353. The fraction of sp³-hybridized carbons (Fsp3) is 0.632. The summed E-state index contributed by atoms with van der Waals surface area (Å²) in [5.41, 5.74) is 0.826. The largest absolute Gasteiger partial charge is 0.444 e. The first kappa shape index (κ1) is 21.2. The Labute approximate surface area is 155 Å². The van der Waals surface area contributed by atoms with Gasteiger partial charge in [0.15, 0.2) is 0 Å². The van der Waals surface area contributed by atoms with Gasteiger partial charge in [-0.3, -0.25) is 0 Å². The van der Waals surface area contributed by atoms with E-state index in [0.717, 1.165) is 6.42 Å². The molecule has 0 atom stereocenters. The van der Waals surface area contributed by atoms with E-state index in [1.54, 1.807) is 0 Å². The van der Waals surface area contributed by atoms with Crippen LogP contribution in [0.5, 0.6) is 0 Å². The Balaban J connectivity index is 2.77. The van der Waals surface area contributed by atoms with E-state index in [4.69, 9.17) is 4.74 Å². The first-order valence-corrected chi connectivity index (χ1v) is 10.3. The minimum Gasteiger partial charge on any atom is -0.444 e. The van der Waals surface area contributed by atoms with Gasteiger partial charge in [0, 0.05) is 26.8 Å². The number of nitrogens with one attached hydrogen (secondary N) is 1. The Hall–Kier alpha value is -0.810. The summed E-state index contributed by atoms with van der Waals surface area (Å²) in [7, 11) is 0. The summed E-state index contributed by atoms with van der Waals surface area (Å²) in [5.74, 6) is 0. The van der Waals surface area contributed by atoms with Crippen molar-refractivity contribution < 1.29 is 9.53 Å². The lowest BCUT2D eigenvalue weighted by Gasteiger charge is -2.20. The summed E-state index contributed by atoms with van der Waals surface area (Å²) in [6, 6.07) is 6.46. The highest BCUT2D eigenvalue weighted by Crippen LogP contribution is 2.37. The second kappa shape index (κ2) is 9.62. The lowest BCUT2D eigenvalue weighted by atomic mass is 10.1. The van der Waals surface area contributed by atoms with Gasteiger partial charge in [0.2, 0.25) is 0 Å². The first-order valence-electron chi connectivity index (χ1n) is 8.50. The molecule has 0 heterocycles. The number of ether oxygens (including phenoxy) is 1. The number of amides is 1. The zero-order chi connectivity index (χ0) is 18.3. The van der Waals surface area contributed by atoms with Crippen molar-refractivity contribution in [3.8, 4) is 0 Å². The molecular formula is C19H31NO2S2. The second-order valence-corrected chi connectivity index (χ2v) is 10.5. The topological polar surface area (TPSA) is 38.3 Å². The van der Waals surface area contributed by atoms with E-state index >= 15 is 0 Å². The van der Waals surface area contributed by atoms with Crippen molar-refractivity contribution in [1.29, 1.82) is 0 Å². The molecule has 1 rings (SSSR count).